The molecule has 0 fully saturated rings. The second-order valence-corrected chi connectivity index (χ2v) is 6.36. The van der Waals surface area contributed by atoms with Crippen LogP contribution in [0.2, 0.25) is 0 Å². The highest BCUT2D eigenvalue weighted by Crippen LogP contribution is 2.19. The summed E-state index contributed by atoms with van der Waals surface area (Å²) in [6, 6.07) is 12.1. The van der Waals surface area contributed by atoms with Crippen LogP contribution in [-0.4, -0.2) is 36.1 Å². The number of esters is 1. The number of amides is 1. The van der Waals surface area contributed by atoms with Crippen molar-refractivity contribution >= 4 is 29.1 Å². The van der Waals surface area contributed by atoms with Crippen LogP contribution >= 0.6 is 0 Å². The van der Waals surface area contributed by atoms with Gasteiger partial charge in [0.05, 0.1) is 5.71 Å². The topological polar surface area (TPSA) is 94.1 Å². The summed E-state index contributed by atoms with van der Waals surface area (Å²) in [6.07, 6.45) is -0.500. The van der Waals surface area contributed by atoms with E-state index in [1.807, 2.05) is 0 Å². The zero-order valence-corrected chi connectivity index (χ0v) is 15.7. The molecule has 2 aromatic rings. The van der Waals surface area contributed by atoms with Crippen molar-refractivity contribution in [1.82, 2.24) is 0 Å². The molecule has 3 rings (SSSR count). The summed E-state index contributed by atoms with van der Waals surface area (Å²) in [5, 5.41) is 6.48. The molecule has 0 bridgehead atoms. The Morgan fingerprint density at radius 1 is 1.21 bits per heavy atom. The van der Waals surface area contributed by atoms with Crippen molar-refractivity contribution in [2.24, 2.45) is 5.16 Å². The number of hydrogen-bond acceptors (Lipinski definition) is 6. The normalized spacial score (nSPS) is 15.2. The first-order valence-electron chi connectivity index (χ1n) is 9.04. The lowest BCUT2D eigenvalue weighted by Gasteiger charge is -2.09. The lowest BCUT2D eigenvalue weighted by molar-refractivity contribution is -0.154. The van der Waals surface area contributed by atoms with E-state index in [1.54, 1.807) is 37.3 Å². The van der Waals surface area contributed by atoms with Crippen molar-refractivity contribution in [3.8, 4) is 0 Å². The van der Waals surface area contributed by atoms with Crippen LogP contribution < -0.4 is 5.32 Å². The predicted molar refractivity (Wildman–Crippen MR) is 103 cm³/mol. The Labute approximate surface area is 166 Å². The summed E-state index contributed by atoms with van der Waals surface area (Å²) in [5.74, 6) is -1.66. The van der Waals surface area contributed by atoms with E-state index in [2.05, 4.69) is 10.5 Å². The molecular weight excluding hydrogens is 379 g/mol. The van der Waals surface area contributed by atoms with Crippen molar-refractivity contribution < 1.29 is 28.3 Å². The van der Waals surface area contributed by atoms with Crippen LogP contribution in [-0.2, 0) is 19.2 Å². The van der Waals surface area contributed by atoms with Crippen molar-refractivity contribution in [3.05, 3.63) is 65.5 Å². The average Bonchev–Trinajstić information content (AvgIpc) is 3.22. The van der Waals surface area contributed by atoms with Gasteiger partial charge in [0, 0.05) is 29.7 Å². The van der Waals surface area contributed by atoms with Gasteiger partial charge in [0.15, 0.2) is 12.4 Å². The van der Waals surface area contributed by atoms with Crippen LogP contribution in [0, 0.1) is 5.82 Å². The van der Waals surface area contributed by atoms with Gasteiger partial charge in [-0.15, -0.1) is 0 Å². The van der Waals surface area contributed by atoms with Crippen LogP contribution in [0.15, 0.2) is 53.7 Å². The van der Waals surface area contributed by atoms with Crippen LogP contribution in [0.3, 0.4) is 0 Å². The fourth-order valence-corrected chi connectivity index (χ4v) is 2.64. The molecule has 2 aromatic carbocycles. The molecule has 29 heavy (non-hydrogen) atoms. The Bertz CT molecular complexity index is 956. The number of halogens is 1. The molecule has 0 saturated heterocycles. The first-order chi connectivity index (χ1) is 14.0. The van der Waals surface area contributed by atoms with E-state index < -0.39 is 30.3 Å². The third-order valence-electron chi connectivity index (χ3n) is 4.25. The Hall–Kier alpha value is -3.55. The van der Waals surface area contributed by atoms with Gasteiger partial charge in [-0.3, -0.25) is 9.59 Å². The highest BCUT2D eigenvalue weighted by atomic mass is 19.1. The number of ketones is 1. The van der Waals surface area contributed by atoms with Crippen molar-refractivity contribution in [2.75, 3.05) is 11.9 Å². The summed E-state index contributed by atoms with van der Waals surface area (Å²) in [4.78, 5) is 40.8. The molecule has 1 aliphatic rings. The van der Waals surface area contributed by atoms with Gasteiger partial charge in [0.25, 0.3) is 0 Å². The number of Topliss-reactive ketones (excluding diaryl/α,β-unsaturated/α-hetero) is 1. The average molecular weight is 398 g/mol. The first kappa shape index (κ1) is 20.2. The zero-order valence-electron chi connectivity index (χ0n) is 15.7. The van der Waals surface area contributed by atoms with Gasteiger partial charge in [0.1, 0.15) is 5.82 Å². The molecule has 1 heterocycles. The first-order valence-corrected chi connectivity index (χ1v) is 9.04. The summed E-state index contributed by atoms with van der Waals surface area (Å²) < 4.78 is 18.3. The number of benzene rings is 2. The molecule has 1 amide bonds. The Balaban J connectivity index is 1.49. The van der Waals surface area contributed by atoms with Gasteiger partial charge in [-0.05, 0) is 36.4 Å². The molecule has 0 saturated carbocycles. The molecule has 1 unspecified atom stereocenters. The summed E-state index contributed by atoms with van der Waals surface area (Å²) >= 11 is 0. The van der Waals surface area contributed by atoms with E-state index in [-0.39, 0.29) is 12.3 Å². The molecule has 1 aliphatic heterocycles. The Morgan fingerprint density at radius 2 is 1.97 bits per heavy atom. The summed E-state index contributed by atoms with van der Waals surface area (Å²) in [5.41, 5.74) is 1.87. The van der Waals surface area contributed by atoms with Gasteiger partial charge in [-0.2, -0.15) is 0 Å². The fourth-order valence-electron chi connectivity index (χ4n) is 2.64. The zero-order chi connectivity index (χ0) is 20.8. The highest BCUT2D eigenvalue weighted by Gasteiger charge is 2.30. The number of nitrogens with zero attached hydrogens (tertiary/aromatic N) is 1. The van der Waals surface area contributed by atoms with Crippen LogP contribution in [0.5, 0.6) is 0 Å². The molecule has 0 aromatic heterocycles. The third-order valence-corrected chi connectivity index (χ3v) is 4.25. The molecule has 150 valence electrons. The van der Waals surface area contributed by atoms with Crippen LogP contribution in [0.4, 0.5) is 10.1 Å². The molecule has 8 heteroatoms. The van der Waals surface area contributed by atoms with E-state index in [9.17, 15) is 18.8 Å². The maximum Gasteiger partial charge on any atom is 0.351 e. The number of anilines is 1. The number of ether oxygens (including phenoxy) is 1. The largest absolute Gasteiger partial charge is 0.454 e. The van der Waals surface area contributed by atoms with Crippen molar-refractivity contribution in [3.63, 3.8) is 0 Å². The number of nitrogens with one attached hydrogen (secondary N) is 1. The second kappa shape index (κ2) is 9.09. The van der Waals surface area contributed by atoms with E-state index in [4.69, 9.17) is 9.57 Å². The van der Waals surface area contributed by atoms with Gasteiger partial charge < -0.3 is 14.9 Å². The number of carbonyl (C=O) groups excluding carboxylic acids is 3. The monoisotopic (exact) mass is 398 g/mol. The molecular formula is C21H19FN2O5. The number of hydrogen-bond donors (Lipinski definition) is 1. The summed E-state index contributed by atoms with van der Waals surface area (Å²) in [7, 11) is 0. The number of oxime groups is 1. The maximum absolute atomic E-state index is 13.3. The number of rotatable bonds is 7. The van der Waals surface area contributed by atoms with E-state index in [1.165, 1.54) is 18.2 Å². The maximum atomic E-state index is 13.3. The predicted octanol–water partition coefficient (Wildman–Crippen LogP) is 3.09. The van der Waals surface area contributed by atoms with E-state index in [0.717, 1.165) is 0 Å². The standard InChI is InChI=1S/C21H19FN2O5/c1-2-20(26)23-16-8-6-13(7-9-16)18(25)12-28-21(27)19-11-17(24-29-19)14-4-3-5-15(22)10-14/h3-10,19H,2,11-12H2,1H3,(H,23,26). The molecule has 0 aliphatic carbocycles. The summed E-state index contributed by atoms with van der Waals surface area (Å²) in [6.45, 7) is 1.29. The van der Waals surface area contributed by atoms with Gasteiger partial charge in [-0.1, -0.05) is 24.2 Å². The SMILES string of the molecule is CCC(=O)Nc1ccc(C(=O)COC(=O)C2CC(c3cccc(F)c3)=NO2)cc1. The highest BCUT2D eigenvalue weighted by molar-refractivity contribution is 6.04. The minimum absolute atomic E-state index is 0.127. The molecule has 0 radical (unpaired) electrons. The molecule has 1 N–H and O–H groups in total. The van der Waals surface area contributed by atoms with Gasteiger partial charge >= 0.3 is 5.97 Å². The lowest BCUT2D eigenvalue weighted by atomic mass is 10.1. The molecule has 7 nitrogen and oxygen atoms in total. The third kappa shape index (κ3) is 5.25. The smallest absolute Gasteiger partial charge is 0.351 e. The van der Waals surface area contributed by atoms with Gasteiger partial charge in [-0.25, -0.2) is 9.18 Å². The minimum atomic E-state index is -0.979. The lowest BCUT2D eigenvalue weighted by Crippen LogP contribution is -2.26. The van der Waals surface area contributed by atoms with Crippen LogP contribution in [0.1, 0.15) is 35.7 Å². The van der Waals surface area contributed by atoms with Crippen LogP contribution in [0.25, 0.3) is 0 Å². The molecule has 1 atom stereocenters. The fraction of sp³-hybridized carbons (Fsp3) is 0.238. The van der Waals surface area contributed by atoms with Crippen molar-refractivity contribution in [1.29, 1.82) is 0 Å². The van der Waals surface area contributed by atoms with Gasteiger partial charge in [0.2, 0.25) is 12.0 Å². The second-order valence-electron chi connectivity index (χ2n) is 6.36. The molecule has 0 spiro atoms. The Kier molecular flexibility index (Phi) is 6.33. The van der Waals surface area contributed by atoms with Crippen molar-refractivity contribution in [2.45, 2.75) is 25.9 Å². The Morgan fingerprint density at radius 3 is 2.66 bits per heavy atom. The minimum Gasteiger partial charge on any atom is -0.454 e. The number of carbonyl (C=O) groups is 3. The van der Waals surface area contributed by atoms with E-state index in [0.29, 0.717) is 28.9 Å². The quantitative estimate of drug-likeness (QED) is 0.571. The van der Waals surface area contributed by atoms with E-state index >= 15 is 0 Å².